The smallest absolute Gasteiger partial charge is 0.142 e. The quantitative estimate of drug-likeness (QED) is 0.385. The fraction of sp³-hybridized carbons (Fsp3) is 0.227. The van der Waals surface area contributed by atoms with Gasteiger partial charge in [0, 0.05) is 17.0 Å². The molecule has 27 heavy (non-hydrogen) atoms. The molecular weight excluding hydrogens is 336 g/mol. The number of oxime groups is 1. The zero-order valence-corrected chi connectivity index (χ0v) is 15.0. The molecule has 1 heterocycles. The predicted octanol–water partition coefficient (Wildman–Crippen LogP) is 3.66. The van der Waals surface area contributed by atoms with Crippen molar-refractivity contribution < 1.29 is 4.84 Å². The summed E-state index contributed by atoms with van der Waals surface area (Å²) in [4.78, 5) is 9.60. The number of benzene rings is 2. The van der Waals surface area contributed by atoms with Gasteiger partial charge in [0.2, 0.25) is 0 Å². The molecule has 1 saturated carbocycles. The molecule has 0 amide bonds. The van der Waals surface area contributed by atoms with Gasteiger partial charge in [-0.25, -0.2) is 9.67 Å². The highest BCUT2D eigenvalue weighted by molar-refractivity contribution is 6.00. The van der Waals surface area contributed by atoms with Crippen LogP contribution in [-0.4, -0.2) is 20.5 Å². The zero-order valence-electron chi connectivity index (χ0n) is 15.0. The van der Waals surface area contributed by atoms with E-state index in [9.17, 15) is 0 Å². The molecule has 0 atom stereocenters. The van der Waals surface area contributed by atoms with Gasteiger partial charge in [0.25, 0.3) is 0 Å². The Morgan fingerprint density at radius 3 is 2.63 bits per heavy atom. The van der Waals surface area contributed by atoms with Crippen LogP contribution in [0.15, 0.2) is 72.4 Å². The molecule has 0 N–H and O–H groups in total. The van der Waals surface area contributed by atoms with Crippen LogP contribution in [0.3, 0.4) is 0 Å². The highest BCUT2D eigenvalue weighted by atomic mass is 16.6. The summed E-state index contributed by atoms with van der Waals surface area (Å²) >= 11 is 0. The Hall–Kier alpha value is -3.39. The highest BCUT2D eigenvalue weighted by Gasteiger charge is 2.17. The van der Waals surface area contributed by atoms with Crippen LogP contribution in [0.2, 0.25) is 0 Å². The lowest BCUT2D eigenvalue weighted by atomic mass is 10.1. The Morgan fingerprint density at radius 2 is 1.93 bits per heavy atom. The third kappa shape index (κ3) is 5.05. The molecule has 4 rings (SSSR count). The van der Waals surface area contributed by atoms with Gasteiger partial charge < -0.3 is 4.84 Å². The first kappa shape index (κ1) is 17.0. The van der Waals surface area contributed by atoms with Crippen molar-refractivity contribution in [1.29, 1.82) is 0 Å². The van der Waals surface area contributed by atoms with Crippen molar-refractivity contribution in [2.75, 3.05) is 0 Å². The summed E-state index contributed by atoms with van der Waals surface area (Å²) in [5.41, 5.74) is 3.87. The van der Waals surface area contributed by atoms with E-state index in [4.69, 9.17) is 4.84 Å². The Balaban J connectivity index is 1.50. The van der Waals surface area contributed by atoms with Crippen LogP contribution in [0, 0.1) is 17.8 Å². The van der Waals surface area contributed by atoms with Crippen molar-refractivity contribution in [1.82, 2.24) is 14.8 Å². The summed E-state index contributed by atoms with van der Waals surface area (Å²) < 4.78 is 1.73. The fourth-order valence-electron chi connectivity index (χ4n) is 2.56. The van der Waals surface area contributed by atoms with Crippen LogP contribution < -0.4 is 0 Å². The van der Waals surface area contributed by atoms with Gasteiger partial charge in [-0.3, -0.25) is 0 Å². The van der Waals surface area contributed by atoms with Crippen LogP contribution in [0.4, 0.5) is 0 Å². The maximum absolute atomic E-state index is 5.60. The topological polar surface area (TPSA) is 52.3 Å². The third-order valence-electron chi connectivity index (χ3n) is 4.24. The van der Waals surface area contributed by atoms with Crippen molar-refractivity contribution in [3.63, 3.8) is 0 Å². The standard InChI is InChI=1S/C22H20N4O/c1-2-4-20(5-3-1)15-27-25-22(14-26-17-23-16-24-26)21-12-10-19(11-13-21)9-8-18-6-7-18/h1-5,10-13,16-18H,6-7,14-15H2/b25-22+. The van der Waals surface area contributed by atoms with E-state index in [2.05, 4.69) is 27.1 Å². The minimum atomic E-state index is 0.423. The first-order chi connectivity index (χ1) is 13.4. The van der Waals surface area contributed by atoms with Gasteiger partial charge in [0.05, 0.1) is 6.54 Å². The summed E-state index contributed by atoms with van der Waals surface area (Å²) in [7, 11) is 0. The second kappa shape index (κ2) is 8.33. The van der Waals surface area contributed by atoms with Crippen LogP contribution >= 0.6 is 0 Å². The molecule has 134 valence electrons. The van der Waals surface area contributed by atoms with E-state index >= 15 is 0 Å². The van der Waals surface area contributed by atoms with E-state index < -0.39 is 0 Å². The Bertz CT molecular complexity index is 947. The van der Waals surface area contributed by atoms with Gasteiger partial charge in [-0.05, 0) is 30.5 Å². The van der Waals surface area contributed by atoms with Gasteiger partial charge in [0.15, 0.2) is 0 Å². The fourth-order valence-corrected chi connectivity index (χ4v) is 2.56. The third-order valence-corrected chi connectivity index (χ3v) is 4.24. The van der Waals surface area contributed by atoms with Crippen LogP contribution in [0.1, 0.15) is 29.5 Å². The van der Waals surface area contributed by atoms with E-state index in [1.807, 2.05) is 54.6 Å². The maximum atomic E-state index is 5.60. The number of hydrogen-bond acceptors (Lipinski definition) is 4. The molecule has 2 aromatic carbocycles. The minimum absolute atomic E-state index is 0.423. The van der Waals surface area contributed by atoms with E-state index in [1.54, 1.807) is 11.0 Å². The predicted molar refractivity (Wildman–Crippen MR) is 104 cm³/mol. The van der Waals surface area contributed by atoms with Gasteiger partial charge in [-0.1, -0.05) is 59.5 Å². The van der Waals surface area contributed by atoms with Crippen molar-refractivity contribution >= 4 is 5.71 Å². The number of aromatic nitrogens is 3. The first-order valence-corrected chi connectivity index (χ1v) is 9.04. The normalized spacial score (nSPS) is 13.7. The highest BCUT2D eigenvalue weighted by Crippen LogP contribution is 2.27. The zero-order chi connectivity index (χ0) is 18.3. The van der Waals surface area contributed by atoms with Crippen LogP contribution in [0.25, 0.3) is 0 Å². The molecule has 5 heteroatoms. The van der Waals surface area contributed by atoms with Gasteiger partial charge in [0.1, 0.15) is 25.0 Å². The van der Waals surface area contributed by atoms with Crippen molar-refractivity contribution in [3.8, 4) is 11.8 Å². The first-order valence-electron chi connectivity index (χ1n) is 9.04. The monoisotopic (exact) mass is 356 g/mol. The molecule has 0 radical (unpaired) electrons. The molecule has 5 nitrogen and oxygen atoms in total. The van der Waals surface area contributed by atoms with Crippen molar-refractivity contribution in [3.05, 3.63) is 83.9 Å². The van der Waals surface area contributed by atoms with E-state index in [0.29, 0.717) is 19.1 Å². The average Bonchev–Trinajstić information content (AvgIpc) is 3.41. The summed E-state index contributed by atoms with van der Waals surface area (Å²) in [5, 5.41) is 8.54. The van der Waals surface area contributed by atoms with Crippen molar-refractivity contribution in [2.45, 2.75) is 26.0 Å². The summed E-state index contributed by atoms with van der Waals surface area (Å²) in [6.07, 6.45) is 5.65. The molecule has 0 saturated heterocycles. The molecule has 1 fully saturated rings. The lowest BCUT2D eigenvalue weighted by Crippen LogP contribution is -2.13. The van der Waals surface area contributed by atoms with E-state index in [1.165, 1.54) is 19.2 Å². The Kier molecular flexibility index (Phi) is 5.26. The lowest BCUT2D eigenvalue weighted by Gasteiger charge is -2.08. The van der Waals surface area contributed by atoms with Crippen LogP contribution in [-0.2, 0) is 18.0 Å². The molecule has 1 aliphatic rings. The molecule has 1 aliphatic carbocycles. The van der Waals surface area contributed by atoms with Crippen LogP contribution in [0.5, 0.6) is 0 Å². The summed E-state index contributed by atoms with van der Waals surface area (Å²) in [6.45, 7) is 0.911. The molecule has 0 spiro atoms. The second-order valence-electron chi connectivity index (χ2n) is 6.51. The van der Waals surface area contributed by atoms with E-state index in [-0.39, 0.29) is 0 Å². The summed E-state index contributed by atoms with van der Waals surface area (Å²) in [5.74, 6) is 7.12. The number of nitrogens with zero attached hydrogens (tertiary/aromatic N) is 4. The number of hydrogen-bond donors (Lipinski definition) is 0. The molecule has 1 aromatic heterocycles. The van der Waals surface area contributed by atoms with Gasteiger partial charge >= 0.3 is 0 Å². The number of rotatable bonds is 6. The molecular formula is C22H20N4O. The average molecular weight is 356 g/mol. The summed E-state index contributed by atoms with van der Waals surface area (Å²) in [6, 6.07) is 18.1. The minimum Gasteiger partial charge on any atom is -0.391 e. The Morgan fingerprint density at radius 1 is 1.11 bits per heavy atom. The SMILES string of the molecule is C(#CC1CC1)c1ccc(/C(Cn2cncn2)=N/OCc2ccccc2)cc1. The van der Waals surface area contributed by atoms with E-state index in [0.717, 1.165) is 22.4 Å². The molecule has 0 bridgehead atoms. The molecule has 3 aromatic rings. The van der Waals surface area contributed by atoms with Crippen molar-refractivity contribution in [2.24, 2.45) is 11.1 Å². The maximum Gasteiger partial charge on any atom is 0.142 e. The molecule has 0 unspecified atom stereocenters. The lowest BCUT2D eigenvalue weighted by molar-refractivity contribution is 0.130. The van der Waals surface area contributed by atoms with Gasteiger partial charge in [-0.15, -0.1) is 0 Å². The Labute approximate surface area is 158 Å². The van der Waals surface area contributed by atoms with Gasteiger partial charge in [-0.2, -0.15) is 5.10 Å². The second-order valence-corrected chi connectivity index (χ2v) is 6.51. The largest absolute Gasteiger partial charge is 0.391 e. The molecule has 0 aliphatic heterocycles.